The second kappa shape index (κ2) is 5.41. The van der Waals surface area contributed by atoms with Crippen molar-refractivity contribution in [1.82, 2.24) is 4.90 Å². The van der Waals surface area contributed by atoms with Gasteiger partial charge in [-0.2, -0.15) is 0 Å². The Balaban J connectivity index is 1.91. The molecular weight excluding hydrogens is 284 g/mol. The van der Waals surface area contributed by atoms with Gasteiger partial charge in [-0.05, 0) is 48.2 Å². The molecule has 1 heterocycles. The minimum Gasteiger partial charge on any atom is -0.398 e. The van der Waals surface area contributed by atoms with E-state index in [1.807, 2.05) is 36.1 Å². The summed E-state index contributed by atoms with van der Waals surface area (Å²) in [6.07, 6.45) is 0.839. The maximum atomic E-state index is 12.7. The lowest BCUT2D eigenvalue weighted by molar-refractivity contribution is 0.0734. The smallest absolute Gasteiger partial charge is 0.254 e. The van der Waals surface area contributed by atoms with Crippen LogP contribution in [-0.4, -0.2) is 17.4 Å². The first-order chi connectivity index (χ1) is 10.1. The van der Waals surface area contributed by atoms with Crippen LogP contribution in [0.5, 0.6) is 0 Å². The Morgan fingerprint density at radius 2 is 2.00 bits per heavy atom. The first-order valence-corrected chi connectivity index (χ1v) is 7.36. The first kappa shape index (κ1) is 14.0. The number of carbonyl (C=O) groups excluding carboxylic acids is 1. The van der Waals surface area contributed by atoms with Gasteiger partial charge in [-0.1, -0.05) is 29.8 Å². The van der Waals surface area contributed by atoms with Crippen molar-refractivity contribution in [3.8, 4) is 0 Å². The number of amides is 1. The van der Waals surface area contributed by atoms with Gasteiger partial charge in [0.05, 0.1) is 0 Å². The first-order valence-electron chi connectivity index (χ1n) is 6.98. The molecule has 0 atom stereocenters. The summed E-state index contributed by atoms with van der Waals surface area (Å²) in [5.74, 6) is 0.0175. The van der Waals surface area contributed by atoms with E-state index >= 15 is 0 Å². The van der Waals surface area contributed by atoms with E-state index in [4.69, 9.17) is 17.3 Å². The van der Waals surface area contributed by atoms with Crippen LogP contribution in [-0.2, 0) is 13.0 Å². The molecule has 2 aromatic rings. The van der Waals surface area contributed by atoms with E-state index in [0.29, 0.717) is 23.7 Å². The average Bonchev–Trinajstić information content (AvgIpc) is 2.49. The van der Waals surface area contributed by atoms with Crippen molar-refractivity contribution in [2.75, 3.05) is 12.3 Å². The molecule has 21 heavy (non-hydrogen) atoms. The SMILES string of the molecule is Cc1c(Cl)cccc1C(=O)N1CCc2cccc(N)c2C1. The van der Waals surface area contributed by atoms with Gasteiger partial charge < -0.3 is 10.6 Å². The van der Waals surface area contributed by atoms with E-state index in [0.717, 1.165) is 23.2 Å². The standard InChI is InChI=1S/C17H17ClN2O/c1-11-13(5-3-6-15(11)18)17(21)20-9-8-12-4-2-7-16(19)14(12)10-20/h2-7H,8-10,19H2,1H3. The number of nitrogen functional groups attached to an aromatic ring is 1. The number of hydrogen-bond donors (Lipinski definition) is 1. The molecule has 0 bridgehead atoms. The van der Waals surface area contributed by atoms with Crippen LogP contribution >= 0.6 is 11.6 Å². The Morgan fingerprint density at radius 1 is 1.24 bits per heavy atom. The van der Waals surface area contributed by atoms with Gasteiger partial charge in [-0.25, -0.2) is 0 Å². The van der Waals surface area contributed by atoms with E-state index in [9.17, 15) is 4.79 Å². The fraction of sp³-hybridized carbons (Fsp3) is 0.235. The average molecular weight is 301 g/mol. The van der Waals surface area contributed by atoms with Crippen LogP contribution in [0.4, 0.5) is 5.69 Å². The zero-order valence-electron chi connectivity index (χ0n) is 11.9. The van der Waals surface area contributed by atoms with Gasteiger partial charge in [-0.3, -0.25) is 4.79 Å². The molecule has 0 unspecified atom stereocenters. The minimum absolute atomic E-state index is 0.0175. The molecule has 1 aliphatic heterocycles. The summed E-state index contributed by atoms with van der Waals surface area (Å²) in [7, 11) is 0. The van der Waals surface area contributed by atoms with E-state index in [2.05, 4.69) is 6.07 Å². The normalized spacial score (nSPS) is 13.9. The third kappa shape index (κ3) is 2.49. The van der Waals surface area contributed by atoms with Gasteiger partial charge in [0.15, 0.2) is 0 Å². The Kier molecular flexibility index (Phi) is 3.60. The van der Waals surface area contributed by atoms with Crippen LogP contribution in [0.3, 0.4) is 0 Å². The Hall–Kier alpha value is -2.00. The van der Waals surface area contributed by atoms with Gasteiger partial charge in [0.25, 0.3) is 5.91 Å². The van der Waals surface area contributed by atoms with Crippen LogP contribution in [0.2, 0.25) is 5.02 Å². The lowest BCUT2D eigenvalue weighted by atomic mass is 9.97. The summed E-state index contributed by atoms with van der Waals surface area (Å²) in [5.41, 5.74) is 10.6. The molecule has 0 fully saturated rings. The Morgan fingerprint density at radius 3 is 2.81 bits per heavy atom. The zero-order valence-corrected chi connectivity index (χ0v) is 12.7. The highest BCUT2D eigenvalue weighted by atomic mass is 35.5. The summed E-state index contributed by atoms with van der Waals surface area (Å²) >= 11 is 6.11. The molecule has 1 aliphatic rings. The van der Waals surface area contributed by atoms with Crippen molar-refractivity contribution in [2.45, 2.75) is 19.9 Å². The molecular formula is C17H17ClN2O. The minimum atomic E-state index is 0.0175. The monoisotopic (exact) mass is 300 g/mol. The number of halogens is 1. The predicted molar refractivity (Wildman–Crippen MR) is 85.5 cm³/mol. The van der Waals surface area contributed by atoms with Crippen molar-refractivity contribution in [2.24, 2.45) is 0 Å². The van der Waals surface area contributed by atoms with E-state index < -0.39 is 0 Å². The highest BCUT2D eigenvalue weighted by Crippen LogP contribution is 2.27. The zero-order chi connectivity index (χ0) is 15.0. The molecule has 3 nitrogen and oxygen atoms in total. The molecule has 0 spiro atoms. The molecule has 3 rings (SSSR count). The molecule has 0 aliphatic carbocycles. The Labute approximate surface area is 129 Å². The lowest BCUT2D eigenvalue weighted by Gasteiger charge is -2.30. The summed E-state index contributed by atoms with van der Waals surface area (Å²) in [6, 6.07) is 11.4. The van der Waals surface area contributed by atoms with Crippen molar-refractivity contribution < 1.29 is 4.79 Å². The third-order valence-electron chi connectivity index (χ3n) is 4.09. The van der Waals surface area contributed by atoms with Crippen LogP contribution < -0.4 is 5.73 Å². The van der Waals surface area contributed by atoms with E-state index in [1.165, 1.54) is 5.56 Å². The van der Waals surface area contributed by atoms with Gasteiger partial charge in [0.2, 0.25) is 0 Å². The number of hydrogen-bond acceptors (Lipinski definition) is 2. The van der Waals surface area contributed by atoms with Gasteiger partial charge in [0.1, 0.15) is 0 Å². The van der Waals surface area contributed by atoms with Crippen LogP contribution in [0, 0.1) is 6.92 Å². The molecule has 1 amide bonds. The highest BCUT2D eigenvalue weighted by molar-refractivity contribution is 6.31. The van der Waals surface area contributed by atoms with Gasteiger partial charge >= 0.3 is 0 Å². The molecule has 0 saturated carbocycles. The molecule has 108 valence electrons. The number of carbonyl (C=O) groups is 1. The third-order valence-corrected chi connectivity index (χ3v) is 4.50. The van der Waals surface area contributed by atoms with Crippen molar-refractivity contribution in [1.29, 1.82) is 0 Å². The highest BCUT2D eigenvalue weighted by Gasteiger charge is 2.24. The van der Waals surface area contributed by atoms with Crippen molar-refractivity contribution >= 4 is 23.2 Å². The topological polar surface area (TPSA) is 46.3 Å². The number of rotatable bonds is 1. The fourth-order valence-electron chi connectivity index (χ4n) is 2.79. The molecule has 2 N–H and O–H groups in total. The Bertz CT molecular complexity index is 712. The molecule has 0 saturated heterocycles. The van der Waals surface area contributed by atoms with E-state index in [1.54, 1.807) is 6.07 Å². The number of anilines is 1. The molecule has 2 aromatic carbocycles. The van der Waals surface area contributed by atoms with Crippen LogP contribution in [0.1, 0.15) is 27.0 Å². The molecule has 4 heteroatoms. The number of benzene rings is 2. The lowest BCUT2D eigenvalue weighted by Crippen LogP contribution is -2.36. The summed E-state index contributed by atoms with van der Waals surface area (Å²) < 4.78 is 0. The predicted octanol–water partition coefficient (Wildman–Crippen LogP) is 3.43. The van der Waals surface area contributed by atoms with Gasteiger partial charge in [0, 0.05) is 29.4 Å². The quantitative estimate of drug-likeness (QED) is 0.820. The molecule has 0 radical (unpaired) electrons. The van der Waals surface area contributed by atoms with Gasteiger partial charge in [-0.15, -0.1) is 0 Å². The van der Waals surface area contributed by atoms with E-state index in [-0.39, 0.29) is 5.91 Å². The second-order valence-electron chi connectivity index (χ2n) is 5.37. The summed E-state index contributed by atoms with van der Waals surface area (Å²) in [5, 5.41) is 0.623. The van der Waals surface area contributed by atoms with Crippen molar-refractivity contribution in [3.63, 3.8) is 0 Å². The number of nitrogens with zero attached hydrogens (tertiary/aromatic N) is 1. The maximum Gasteiger partial charge on any atom is 0.254 e. The second-order valence-corrected chi connectivity index (χ2v) is 5.78. The maximum absolute atomic E-state index is 12.7. The fourth-order valence-corrected chi connectivity index (χ4v) is 2.96. The largest absolute Gasteiger partial charge is 0.398 e. The number of nitrogens with two attached hydrogens (primary N) is 1. The number of fused-ring (bicyclic) bond motifs is 1. The van der Waals surface area contributed by atoms with Crippen LogP contribution in [0.25, 0.3) is 0 Å². The van der Waals surface area contributed by atoms with Crippen molar-refractivity contribution in [3.05, 3.63) is 63.7 Å². The summed E-state index contributed by atoms with van der Waals surface area (Å²) in [6.45, 7) is 3.15. The summed E-state index contributed by atoms with van der Waals surface area (Å²) in [4.78, 5) is 14.6. The molecule has 0 aromatic heterocycles. The van der Waals surface area contributed by atoms with Crippen LogP contribution in [0.15, 0.2) is 36.4 Å².